The quantitative estimate of drug-likeness (QED) is 0.689. The van der Waals surface area contributed by atoms with Crippen LogP contribution in [0.4, 0.5) is 5.69 Å². The zero-order valence-corrected chi connectivity index (χ0v) is 16.5. The number of H-pyrrole nitrogens is 1. The third kappa shape index (κ3) is 3.58. The molecule has 154 valence electrons. The molecule has 1 aliphatic carbocycles. The highest BCUT2D eigenvalue weighted by molar-refractivity contribution is 5.92. The average Bonchev–Trinajstić information content (AvgIpc) is 3.59. The fraction of sp³-hybridized carbons (Fsp3) is 0.381. The summed E-state index contributed by atoms with van der Waals surface area (Å²) >= 11 is 0. The van der Waals surface area contributed by atoms with Gasteiger partial charge < -0.3 is 14.8 Å². The third-order valence-electron chi connectivity index (χ3n) is 5.79. The van der Waals surface area contributed by atoms with Crippen LogP contribution in [0, 0.1) is 5.92 Å². The Kier molecular flexibility index (Phi) is 4.57. The van der Waals surface area contributed by atoms with Gasteiger partial charge in [0.2, 0.25) is 0 Å². The highest BCUT2D eigenvalue weighted by Gasteiger charge is 2.24. The number of hydrogen-bond acceptors (Lipinski definition) is 6. The van der Waals surface area contributed by atoms with Gasteiger partial charge in [0.05, 0.1) is 23.6 Å². The lowest BCUT2D eigenvalue weighted by Crippen LogP contribution is -2.49. The maximum absolute atomic E-state index is 12.7. The van der Waals surface area contributed by atoms with Crippen LogP contribution in [0.15, 0.2) is 46.5 Å². The molecule has 0 spiro atoms. The van der Waals surface area contributed by atoms with E-state index in [4.69, 9.17) is 0 Å². The standard InChI is InChI=1S/C21H22N6O3/c28-19-10-18(22-12-23-19)21(30)26-7-5-25(6-8-26)15-3-4-16-17(9-15)24-13-27(20(16)29)11-14-1-2-14/h3-4,9-10,12-14H,1-2,5-8,11H2,(H,22,23,28). The number of carbonyl (C=O) groups is 1. The van der Waals surface area contributed by atoms with Crippen molar-refractivity contribution in [3.8, 4) is 0 Å². The number of carbonyl (C=O) groups excluding carboxylic acids is 1. The topological polar surface area (TPSA) is 104 Å². The van der Waals surface area contributed by atoms with Crippen LogP contribution in [0.2, 0.25) is 0 Å². The van der Waals surface area contributed by atoms with Crippen LogP contribution in [-0.2, 0) is 6.54 Å². The van der Waals surface area contributed by atoms with E-state index < -0.39 is 0 Å². The number of piperazine rings is 1. The monoisotopic (exact) mass is 406 g/mol. The Morgan fingerprint density at radius 3 is 2.60 bits per heavy atom. The highest BCUT2D eigenvalue weighted by Crippen LogP contribution is 2.30. The number of aromatic nitrogens is 4. The Bertz CT molecular complexity index is 1220. The SMILES string of the molecule is O=C(c1cc(=O)[nH]cn1)N1CCN(c2ccc3c(=O)n(CC4CC4)cnc3c2)CC1. The van der Waals surface area contributed by atoms with Gasteiger partial charge in [-0.1, -0.05) is 0 Å². The molecule has 1 aromatic carbocycles. The van der Waals surface area contributed by atoms with Crippen molar-refractivity contribution in [2.45, 2.75) is 19.4 Å². The molecule has 1 saturated heterocycles. The molecule has 1 aliphatic heterocycles. The van der Waals surface area contributed by atoms with Crippen molar-refractivity contribution in [2.24, 2.45) is 5.92 Å². The van der Waals surface area contributed by atoms with E-state index >= 15 is 0 Å². The predicted octanol–water partition coefficient (Wildman–Crippen LogP) is 0.852. The summed E-state index contributed by atoms with van der Waals surface area (Å²) in [5, 5.41) is 0.635. The van der Waals surface area contributed by atoms with Crippen molar-refractivity contribution in [1.82, 2.24) is 24.4 Å². The number of benzene rings is 1. The summed E-state index contributed by atoms with van der Waals surface area (Å²) in [6.45, 7) is 3.11. The number of nitrogens with zero attached hydrogens (tertiary/aromatic N) is 5. The van der Waals surface area contributed by atoms with Gasteiger partial charge in [0, 0.05) is 44.5 Å². The summed E-state index contributed by atoms with van der Waals surface area (Å²) in [7, 11) is 0. The van der Waals surface area contributed by atoms with Crippen LogP contribution in [0.3, 0.4) is 0 Å². The number of nitrogens with one attached hydrogen (secondary N) is 1. The molecule has 2 aliphatic rings. The average molecular weight is 406 g/mol. The minimum atomic E-state index is -0.341. The molecule has 5 rings (SSSR count). The molecule has 9 nitrogen and oxygen atoms in total. The third-order valence-corrected chi connectivity index (χ3v) is 5.79. The van der Waals surface area contributed by atoms with E-state index in [9.17, 15) is 14.4 Å². The molecule has 0 bridgehead atoms. The fourth-order valence-corrected chi connectivity index (χ4v) is 3.87. The lowest BCUT2D eigenvalue weighted by Gasteiger charge is -2.36. The van der Waals surface area contributed by atoms with Crippen LogP contribution in [-0.4, -0.2) is 56.5 Å². The first-order valence-electron chi connectivity index (χ1n) is 10.2. The molecule has 30 heavy (non-hydrogen) atoms. The minimum absolute atomic E-state index is 0.0132. The Labute approximate surface area is 172 Å². The molecule has 9 heteroatoms. The van der Waals surface area contributed by atoms with E-state index in [1.807, 2.05) is 18.2 Å². The largest absolute Gasteiger partial charge is 0.368 e. The number of fused-ring (bicyclic) bond motifs is 1. The normalized spacial score (nSPS) is 16.8. The van der Waals surface area contributed by atoms with E-state index in [-0.39, 0.29) is 22.7 Å². The maximum Gasteiger partial charge on any atom is 0.272 e. The van der Waals surface area contributed by atoms with Crippen molar-refractivity contribution in [1.29, 1.82) is 0 Å². The predicted molar refractivity (Wildman–Crippen MR) is 112 cm³/mol. The van der Waals surface area contributed by atoms with Crippen LogP contribution in [0.25, 0.3) is 10.9 Å². The van der Waals surface area contributed by atoms with E-state index in [0.29, 0.717) is 43.0 Å². The summed E-state index contributed by atoms with van der Waals surface area (Å²) in [6, 6.07) is 6.96. The van der Waals surface area contributed by atoms with Crippen LogP contribution in [0.5, 0.6) is 0 Å². The van der Waals surface area contributed by atoms with Gasteiger partial charge >= 0.3 is 0 Å². The Morgan fingerprint density at radius 2 is 1.87 bits per heavy atom. The first kappa shape index (κ1) is 18.5. The Hall–Kier alpha value is -3.49. The molecule has 2 fully saturated rings. The molecule has 1 saturated carbocycles. The highest BCUT2D eigenvalue weighted by atomic mass is 16.2. The summed E-state index contributed by atoms with van der Waals surface area (Å²) < 4.78 is 1.72. The molecular weight excluding hydrogens is 384 g/mol. The smallest absolute Gasteiger partial charge is 0.272 e. The minimum Gasteiger partial charge on any atom is -0.368 e. The van der Waals surface area contributed by atoms with E-state index in [1.165, 1.54) is 25.2 Å². The van der Waals surface area contributed by atoms with E-state index in [1.54, 1.807) is 15.8 Å². The lowest BCUT2D eigenvalue weighted by atomic mass is 10.2. The van der Waals surface area contributed by atoms with Gasteiger partial charge in [0.25, 0.3) is 17.0 Å². The zero-order valence-electron chi connectivity index (χ0n) is 16.5. The zero-order chi connectivity index (χ0) is 20.7. The van der Waals surface area contributed by atoms with Crippen LogP contribution < -0.4 is 16.0 Å². The van der Waals surface area contributed by atoms with Crippen molar-refractivity contribution in [3.63, 3.8) is 0 Å². The number of rotatable bonds is 4. The van der Waals surface area contributed by atoms with Gasteiger partial charge in [0.15, 0.2) is 0 Å². The van der Waals surface area contributed by atoms with Crippen molar-refractivity contribution in [2.75, 3.05) is 31.1 Å². The Morgan fingerprint density at radius 1 is 1.07 bits per heavy atom. The summed E-state index contributed by atoms with van der Waals surface area (Å²) in [5.74, 6) is 0.377. The lowest BCUT2D eigenvalue weighted by molar-refractivity contribution is 0.0740. The number of aromatic amines is 1. The van der Waals surface area contributed by atoms with Gasteiger partial charge in [-0.3, -0.25) is 19.0 Å². The fourth-order valence-electron chi connectivity index (χ4n) is 3.87. The second-order valence-electron chi connectivity index (χ2n) is 7.92. The molecule has 1 amide bonds. The second kappa shape index (κ2) is 7.40. The molecule has 3 aromatic rings. The van der Waals surface area contributed by atoms with Gasteiger partial charge in [-0.25, -0.2) is 9.97 Å². The second-order valence-corrected chi connectivity index (χ2v) is 7.92. The van der Waals surface area contributed by atoms with Gasteiger partial charge in [-0.15, -0.1) is 0 Å². The van der Waals surface area contributed by atoms with Crippen molar-refractivity contribution >= 4 is 22.5 Å². The molecule has 0 unspecified atom stereocenters. The summed E-state index contributed by atoms with van der Waals surface area (Å²) in [5.41, 5.74) is 1.50. The molecule has 0 radical (unpaired) electrons. The van der Waals surface area contributed by atoms with Gasteiger partial charge in [-0.05, 0) is 37.0 Å². The van der Waals surface area contributed by atoms with Crippen molar-refractivity contribution in [3.05, 3.63) is 63.3 Å². The van der Waals surface area contributed by atoms with E-state index in [0.717, 1.165) is 12.2 Å². The first-order chi connectivity index (χ1) is 14.6. The van der Waals surface area contributed by atoms with Gasteiger partial charge in [-0.2, -0.15) is 0 Å². The van der Waals surface area contributed by atoms with Gasteiger partial charge in [0.1, 0.15) is 5.69 Å². The van der Waals surface area contributed by atoms with Crippen LogP contribution in [0.1, 0.15) is 23.3 Å². The first-order valence-corrected chi connectivity index (χ1v) is 10.2. The molecule has 0 atom stereocenters. The van der Waals surface area contributed by atoms with E-state index in [2.05, 4.69) is 19.9 Å². The number of hydrogen-bond donors (Lipinski definition) is 1. The number of amides is 1. The molecular formula is C21H22N6O3. The van der Waals surface area contributed by atoms with Crippen molar-refractivity contribution < 1.29 is 4.79 Å². The number of anilines is 1. The molecule has 1 N–H and O–H groups in total. The molecule has 3 heterocycles. The van der Waals surface area contributed by atoms with Crippen LogP contribution >= 0.6 is 0 Å². The Balaban J connectivity index is 1.30. The summed E-state index contributed by atoms with van der Waals surface area (Å²) in [6.07, 6.45) is 5.27. The molecule has 2 aromatic heterocycles. The summed E-state index contributed by atoms with van der Waals surface area (Å²) in [4.78, 5) is 51.4. The maximum atomic E-state index is 12.7.